The maximum atomic E-state index is 10.9. The molecular formula is C14H21N3O3. The molecule has 6 heteroatoms. The summed E-state index contributed by atoms with van der Waals surface area (Å²) >= 11 is 0. The number of benzene rings is 1. The Bertz CT molecular complexity index is 479. The molecule has 1 aliphatic rings. The normalized spacial score (nSPS) is 22.3. The molecule has 1 aromatic carbocycles. The van der Waals surface area contributed by atoms with Gasteiger partial charge in [-0.2, -0.15) is 0 Å². The van der Waals surface area contributed by atoms with E-state index in [1.165, 1.54) is 26.0 Å². The van der Waals surface area contributed by atoms with Crippen LogP contribution in [0.25, 0.3) is 0 Å². The van der Waals surface area contributed by atoms with Gasteiger partial charge in [0, 0.05) is 23.9 Å². The Hall–Kier alpha value is -1.82. The molecule has 0 heterocycles. The maximum Gasteiger partial charge on any atom is 0.275 e. The van der Waals surface area contributed by atoms with E-state index in [4.69, 9.17) is 10.5 Å². The van der Waals surface area contributed by atoms with Crippen molar-refractivity contribution in [2.45, 2.75) is 31.7 Å². The molecule has 6 nitrogen and oxygen atoms in total. The lowest BCUT2D eigenvalue weighted by molar-refractivity contribution is -0.384. The molecule has 20 heavy (non-hydrogen) atoms. The van der Waals surface area contributed by atoms with E-state index in [1.807, 2.05) is 0 Å². The number of nitrogens with zero attached hydrogens (tertiary/aromatic N) is 1. The summed E-state index contributed by atoms with van der Waals surface area (Å²) in [5.74, 6) is 0.913. The van der Waals surface area contributed by atoms with Gasteiger partial charge in [-0.1, -0.05) is 12.8 Å². The number of non-ortho nitro benzene ring substituents is 1. The Kier molecular flexibility index (Phi) is 4.79. The van der Waals surface area contributed by atoms with Crippen LogP contribution >= 0.6 is 0 Å². The third-order valence-electron chi connectivity index (χ3n) is 3.90. The van der Waals surface area contributed by atoms with Crippen molar-refractivity contribution in [3.05, 3.63) is 28.3 Å². The van der Waals surface area contributed by atoms with Gasteiger partial charge < -0.3 is 15.8 Å². The molecular weight excluding hydrogens is 258 g/mol. The van der Waals surface area contributed by atoms with Gasteiger partial charge in [-0.05, 0) is 25.3 Å². The Labute approximate surface area is 118 Å². The van der Waals surface area contributed by atoms with Crippen LogP contribution in [-0.2, 0) is 0 Å². The highest BCUT2D eigenvalue weighted by Crippen LogP contribution is 2.30. The summed E-state index contributed by atoms with van der Waals surface area (Å²) in [5.41, 5.74) is 6.57. The summed E-state index contributed by atoms with van der Waals surface area (Å²) in [5, 5.41) is 14.3. The highest BCUT2D eigenvalue weighted by molar-refractivity contribution is 5.57. The van der Waals surface area contributed by atoms with Crippen LogP contribution in [0.3, 0.4) is 0 Å². The van der Waals surface area contributed by atoms with Gasteiger partial charge in [0.25, 0.3) is 5.69 Å². The molecule has 1 fully saturated rings. The molecule has 0 bridgehead atoms. The molecule has 1 aliphatic carbocycles. The first-order chi connectivity index (χ1) is 9.63. The molecule has 2 atom stereocenters. The highest BCUT2D eigenvalue weighted by Gasteiger charge is 2.24. The number of methoxy groups -OCH3 is 1. The van der Waals surface area contributed by atoms with Crippen molar-refractivity contribution in [3.63, 3.8) is 0 Å². The van der Waals surface area contributed by atoms with Gasteiger partial charge in [-0.25, -0.2) is 0 Å². The summed E-state index contributed by atoms with van der Waals surface area (Å²) < 4.78 is 5.12. The van der Waals surface area contributed by atoms with Crippen molar-refractivity contribution in [2.75, 3.05) is 19.0 Å². The number of hydrogen-bond acceptors (Lipinski definition) is 5. The average Bonchev–Trinajstić information content (AvgIpc) is 2.47. The zero-order chi connectivity index (χ0) is 14.5. The van der Waals surface area contributed by atoms with Gasteiger partial charge in [0.15, 0.2) is 0 Å². The summed E-state index contributed by atoms with van der Waals surface area (Å²) in [7, 11) is 1.51. The highest BCUT2D eigenvalue weighted by atomic mass is 16.6. The zero-order valence-electron chi connectivity index (χ0n) is 11.7. The fourth-order valence-electron chi connectivity index (χ4n) is 2.78. The maximum absolute atomic E-state index is 10.9. The minimum Gasteiger partial charge on any atom is -0.496 e. The van der Waals surface area contributed by atoms with Crippen molar-refractivity contribution in [1.29, 1.82) is 0 Å². The van der Waals surface area contributed by atoms with Crippen LogP contribution in [-0.4, -0.2) is 24.6 Å². The van der Waals surface area contributed by atoms with Crippen molar-refractivity contribution < 1.29 is 9.66 Å². The predicted octanol–water partition coefficient (Wildman–Crippen LogP) is 2.53. The fraction of sp³-hybridized carbons (Fsp3) is 0.571. The van der Waals surface area contributed by atoms with Gasteiger partial charge in [0.05, 0.1) is 18.1 Å². The van der Waals surface area contributed by atoms with E-state index in [2.05, 4.69) is 5.32 Å². The minimum atomic E-state index is -0.408. The lowest BCUT2D eigenvalue weighted by Gasteiger charge is -2.32. The average molecular weight is 279 g/mol. The molecule has 1 aromatic rings. The van der Waals surface area contributed by atoms with E-state index >= 15 is 0 Å². The third kappa shape index (κ3) is 3.39. The summed E-state index contributed by atoms with van der Waals surface area (Å²) in [6.45, 7) is 0.643. The van der Waals surface area contributed by atoms with E-state index < -0.39 is 4.92 Å². The monoisotopic (exact) mass is 279 g/mol. The van der Waals surface area contributed by atoms with E-state index in [1.54, 1.807) is 12.1 Å². The van der Waals surface area contributed by atoms with Gasteiger partial charge in [0.1, 0.15) is 5.75 Å². The lowest BCUT2D eigenvalue weighted by atomic mass is 9.84. The van der Waals surface area contributed by atoms with E-state index in [-0.39, 0.29) is 11.7 Å². The number of nitro groups is 1. The van der Waals surface area contributed by atoms with Crippen LogP contribution in [0.2, 0.25) is 0 Å². The van der Waals surface area contributed by atoms with Crippen LogP contribution < -0.4 is 15.8 Å². The number of anilines is 1. The second kappa shape index (κ2) is 6.56. The van der Waals surface area contributed by atoms with E-state index in [0.29, 0.717) is 18.2 Å². The van der Waals surface area contributed by atoms with Gasteiger partial charge >= 0.3 is 0 Å². The van der Waals surface area contributed by atoms with Crippen molar-refractivity contribution in [2.24, 2.45) is 11.7 Å². The SMILES string of the molecule is COc1cc(NC2CCCCC2CN)cc([N+](=O)[O-])c1. The number of hydrogen-bond donors (Lipinski definition) is 2. The molecule has 0 saturated heterocycles. The summed E-state index contributed by atoms with van der Waals surface area (Å²) in [4.78, 5) is 10.5. The number of rotatable bonds is 5. The smallest absolute Gasteiger partial charge is 0.275 e. The molecule has 2 unspecified atom stereocenters. The van der Waals surface area contributed by atoms with Crippen LogP contribution in [0.4, 0.5) is 11.4 Å². The van der Waals surface area contributed by atoms with Crippen LogP contribution in [0.15, 0.2) is 18.2 Å². The first-order valence-electron chi connectivity index (χ1n) is 6.94. The number of nitro benzene ring substituents is 1. The Balaban J connectivity index is 2.18. The molecule has 1 saturated carbocycles. The lowest BCUT2D eigenvalue weighted by Crippen LogP contribution is -2.36. The second-order valence-corrected chi connectivity index (χ2v) is 5.21. The zero-order valence-corrected chi connectivity index (χ0v) is 11.7. The molecule has 110 valence electrons. The molecule has 0 amide bonds. The van der Waals surface area contributed by atoms with E-state index in [0.717, 1.165) is 18.5 Å². The standard InChI is InChI=1S/C14H21N3O3/c1-20-13-7-11(6-12(8-13)17(18)19)16-14-5-3-2-4-10(14)9-15/h6-8,10,14,16H,2-5,9,15H2,1H3. The molecule has 0 spiro atoms. The van der Waals surface area contributed by atoms with Crippen LogP contribution in [0.1, 0.15) is 25.7 Å². The molecule has 3 N–H and O–H groups in total. The van der Waals surface area contributed by atoms with Crippen LogP contribution in [0, 0.1) is 16.0 Å². The number of nitrogens with one attached hydrogen (secondary N) is 1. The first-order valence-corrected chi connectivity index (χ1v) is 6.94. The van der Waals surface area contributed by atoms with Crippen molar-refractivity contribution >= 4 is 11.4 Å². The summed E-state index contributed by atoms with van der Waals surface area (Å²) in [6.07, 6.45) is 4.53. The first kappa shape index (κ1) is 14.6. The topological polar surface area (TPSA) is 90.4 Å². The molecule has 2 rings (SSSR count). The van der Waals surface area contributed by atoms with Gasteiger partial charge in [-0.15, -0.1) is 0 Å². The van der Waals surface area contributed by atoms with Gasteiger partial charge in [0.2, 0.25) is 0 Å². The Morgan fingerprint density at radius 1 is 1.40 bits per heavy atom. The molecule has 0 aliphatic heterocycles. The van der Waals surface area contributed by atoms with Gasteiger partial charge in [-0.3, -0.25) is 10.1 Å². The van der Waals surface area contributed by atoms with Crippen molar-refractivity contribution in [1.82, 2.24) is 0 Å². The molecule has 0 radical (unpaired) electrons. The van der Waals surface area contributed by atoms with Crippen LogP contribution in [0.5, 0.6) is 5.75 Å². The minimum absolute atomic E-state index is 0.0342. The summed E-state index contributed by atoms with van der Waals surface area (Å²) in [6, 6.07) is 5.03. The number of nitrogens with two attached hydrogens (primary N) is 1. The largest absolute Gasteiger partial charge is 0.496 e. The van der Waals surface area contributed by atoms with Crippen molar-refractivity contribution in [3.8, 4) is 5.75 Å². The fourth-order valence-corrected chi connectivity index (χ4v) is 2.78. The second-order valence-electron chi connectivity index (χ2n) is 5.21. The quantitative estimate of drug-likeness (QED) is 0.638. The Morgan fingerprint density at radius 2 is 2.15 bits per heavy atom. The third-order valence-corrected chi connectivity index (χ3v) is 3.90. The molecule has 0 aromatic heterocycles. The number of ether oxygens (including phenoxy) is 1. The Morgan fingerprint density at radius 3 is 2.80 bits per heavy atom. The predicted molar refractivity (Wildman–Crippen MR) is 78.1 cm³/mol. The van der Waals surface area contributed by atoms with E-state index in [9.17, 15) is 10.1 Å².